The molecule has 0 spiro atoms. The van der Waals surface area contributed by atoms with Gasteiger partial charge in [0.05, 0.1) is 0 Å². The third-order valence-corrected chi connectivity index (χ3v) is 3.93. The van der Waals surface area contributed by atoms with Gasteiger partial charge in [0.15, 0.2) is 0 Å². The molecule has 1 aliphatic rings. The Balaban J connectivity index is 0.000000514. The first-order valence-corrected chi connectivity index (χ1v) is 6.84. The van der Waals surface area contributed by atoms with Gasteiger partial charge in [0.25, 0.3) is 0 Å². The molecule has 2 atom stereocenters. The quantitative estimate of drug-likeness (QED) is 0.681. The van der Waals surface area contributed by atoms with E-state index in [4.69, 9.17) is 0 Å². The SMILES string of the molecule is CC.CC1Cc2[nH]c3ccccc3c2CC1C. The molecule has 1 N–H and O–H groups in total. The summed E-state index contributed by atoms with van der Waals surface area (Å²) in [6, 6.07) is 8.67. The molecule has 3 rings (SSSR count). The van der Waals surface area contributed by atoms with Crippen LogP contribution in [0, 0.1) is 11.8 Å². The molecule has 1 nitrogen and oxygen atoms in total. The number of H-pyrrole nitrogens is 1. The highest BCUT2D eigenvalue weighted by molar-refractivity contribution is 5.84. The fraction of sp³-hybridized carbons (Fsp3) is 0.500. The molecule has 2 unspecified atom stereocenters. The van der Waals surface area contributed by atoms with Crippen molar-refractivity contribution in [1.82, 2.24) is 4.98 Å². The first kappa shape index (κ1) is 12.2. The first-order valence-electron chi connectivity index (χ1n) is 6.84. The number of para-hydroxylation sites is 1. The topological polar surface area (TPSA) is 15.8 Å². The van der Waals surface area contributed by atoms with Gasteiger partial charge in [-0.1, -0.05) is 45.9 Å². The van der Waals surface area contributed by atoms with Crippen LogP contribution in [0.2, 0.25) is 0 Å². The van der Waals surface area contributed by atoms with Gasteiger partial charge < -0.3 is 4.98 Å². The second kappa shape index (κ2) is 4.95. The fourth-order valence-corrected chi connectivity index (χ4v) is 2.71. The van der Waals surface area contributed by atoms with E-state index in [0.29, 0.717) is 0 Å². The van der Waals surface area contributed by atoms with Crippen molar-refractivity contribution in [2.75, 3.05) is 0 Å². The number of rotatable bonds is 0. The number of aromatic amines is 1. The first-order chi connectivity index (χ1) is 8.25. The molecule has 0 radical (unpaired) electrons. The normalized spacial score (nSPS) is 22.8. The Hall–Kier alpha value is -1.24. The van der Waals surface area contributed by atoms with Crippen molar-refractivity contribution in [3.63, 3.8) is 0 Å². The average Bonchev–Trinajstić information content (AvgIpc) is 2.70. The summed E-state index contributed by atoms with van der Waals surface area (Å²) in [7, 11) is 0. The number of hydrogen-bond donors (Lipinski definition) is 1. The molecule has 0 aliphatic heterocycles. The largest absolute Gasteiger partial charge is 0.358 e. The number of fused-ring (bicyclic) bond motifs is 3. The molecule has 0 fully saturated rings. The van der Waals surface area contributed by atoms with E-state index in [1.165, 1.54) is 29.4 Å². The fourth-order valence-electron chi connectivity index (χ4n) is 2.71. The standard InChI is InChI=1S/C14H17N.C2H6/c1-9-7-12-11-5-3-4-6-13(11)15-14(12)8-10(9)2;1-2/h3-6,9-10,15H,7-8H2,1-2H3;1-2H3. The van der Waals surface area contributed by atoms with Crippen LogP contribution in [-0.4, -0.2) is 4.98 Å². The van der Waals surface area contributed by atoms with E-state index >= 15 is 0 Å². The van der Waals surface area contributed by atoms with Crippen molar-refractivity contribution in [2.24, 2.45) is 11.8 Å². The highest BCUT2D eigenvalue weighted by Gasteiger charge is 2.24. The van der Waals surface area contributed by atoms with E-state index in [0.717, 1.165) is 11.8 Å². The lowest BCUT2D eigenvalue weighted by Crippen LogP contribution is -2.20. The van der Waals surface area contributed by atoms with E-state index in [9.17, 15) is 0 Å². The molecule has 0 amide bonds. The Morgan fingerprint density at radius 2 is 1.65 bits per heavy atom. The Morgan fingerprint density at radius 3 is 2.41 bits per heavy atom. The lowest BCUT2D eigenvalue weighted by atomic mass is 9.80. The van der Waals surface area contributed by atoms with E-state index in [1.54, 1.807) is 5.56 Å². The number of benzene rings is 1. The van der Waals surface area contributed by atoms with Crippen molar-refractivity contribution in [1.29, 1.82) is 0 Å². The van der Waals surface area contributed by atoms with Crippen LogP contribution in [0.15, 0.2) is 24.3 Å². The molecule has 1 heteroatoms. The maximum atomic E-state index is 3.57. The molecule has 0 saturated carbocycles. The zero-order valence-corrected chi connectivity index (χ0v) is 11.4. The minimum Gasteiger partial charge on any atom is -0.358 e. The molecule has 1 aromatic carbocycles. The van der Waals surface area contributed by atoms with Gasteiger partial charge in [0, 0.05) is 16.6 Å². The second-order valence-corrected chi connectivity index (χ2v) is 4.99. The molecule has 1 aromatic heterocycles. The van der Waals surface area contributed by atoms with Crippen LogP contribution in [-0.2, 0) is 12.8 Å². The Labute approximate surface area is 104 Å². The Kier molecular flexibility index (Phi) is 3.56. The predicted molar refractivity (Wildman–Crippen MR) is 75.4 cm³/mol. The lowest BCUT2D eigenvalue weighted by Gasteiger charge is -2.25. The van der Waals surface area contributed by atoms with Gasteiger partial charge in [0.2, 0.25) is 0 Å². The van der Waals surface area contributed by atoms with Crippen LogP contribution < -0.4 is 0 Å². The van der Waals surface area contributed by atoms with Gasteiger partial charge in [-0.05, 0) is 36.3 Å². The van der Waals surface area contributed by atoms with Gasteiger partial charge in [-0.15, -0.1) is 0 Å². The van der Waals surface area contributed by atoms with Crippen molar-refractivity contribution in [3.05, 3.63) is 35.5 Å². The van der Waals surface area contributed by atoms with E-state index < -0.39 is 0 Å². The summed E-state index contributed by atoms with van der Waals surface area (Å²) in [5.41, 5.74) is 4.35. The third-order valence-electron chi connectivity index (χ3n) is 3.93. The van der Waals surface area contributed by atoms with E-state index in [-0.39, 0.29) is 0 Å². The zero-order valence-electron chi connectivity index (χ0n) is 11.4. The molecule has 17 heavy (non-hydrogen) atoms. The van der Waals surface area contributed by atoms with Crippen molar-refractivity contribution in [3.8, 4) is 0 Å². The monoisotopic (exact) mass is 229 g/mol. The molecule has 1 aliphatic carbocycles. The van der Waals surface area contributed by atoms with E-state index in [2.05, 4.69) is 43.1 Å². The van der Waals surface area contributed by atoms with Gasteiger partial charge in [0.1, 0.15) is 0 Å². The van der Waals surface area contributed by atoms with Crippen molar-refractivity contribution in [2.45, 2.75) is 40.5 Å². The van der Waals surface area contributed by atoms with Crippen LogP contribution in [0.25, 0.3) is 10.9 Å². The molecular formula is C16H23N. The second-order valence-electron chi connectivity index (χ2n) is 4.99. The molecular weight excluding hydrogens is 206 g/mol. The summed E-state index contributed by atoms with van der Waals surface area (Å²) in [6.45, 7) is 8.73. The van der Waals surface area contributed by atoms with Crippen LogP contribution in [0.3, 0.4) is 0 Å². The maximum absolute atomic E-state index is 3.57. The van der Waals surface area contributed by atoms with Crippen LogP contribution in [0.5, 0.6) is 0 Å². The maximum Gasteiger partial charge on any atom is 0.0458 e. The van der Waals surface area contributed by atoms with Gasteiger partial charge in [-0.2, -0.15) is 0 Å². The minimum absolute atomic E-state index is 0.811. The van der Waals surface area contributed by atoms with Crippen molar-refractivity contribution >= 4 is 10.9 Å². The smallest absolute Gasteiger partial charge is 0.0458 e. The molecule has 0 saturated heterocycles. The van der Waals surface area contributed by atoms with Gasteiger partial charge >= 0.3 is 0 Å². The summed E-state index contributed by atoms with van der Waals surface area (Å²) in [5, 5.41) is 1.44. The molecule has 1 heterocycles. The lowest BCUT2D eigenvalue weighted by molar-refractivity contribution is 0.359. The van der Waals surface area contributed by atoms with Crippen LogP contribution in [0.1, 0.15) is 39.0 Å². The van der Waals surface area contributed by atoms with Gasteiger partial charge in [-0.3, -0.25) is 0 Å². The summed E-state index contributed by atoms with van der Waals surface area (Å²) < 4.78 is 0. The average molecular weight is 229 g/mol. The zero-order chi connectivity index (χ0) is 12.4. The summed E-state index contributed by atoms with van der Waals surface area (Å²) in [6.07, 6.45) is 2.45. The molecule has 0 bridgehead atoms. The Bertz CT molecular complexity index is 495. The highest BCUT2D eigenvalue weighted by Crippen LogP contribution is 2.34. The van der Waals surface area contributed by atoms with E-state index in [1.807, 2.05) is 13.8 Å². The van der Waals surface area contributed by atoms with Crippen LogP contribution >= 0.6 is 0 Å². The summed E-state index contributed by atoms with van der Waals surface area (Å²) >= 11 is 0. The minimum atomic E-state index is 0.811. The summed E-state index contributed by atoms with van der Waals surface area (Å²) in [4.78, 5) is 3.57. The Morgan fingerprint density at radius 1 is 1.00 bits per heavy atom. The van der Waals surface area contributed by atoms with Crippen LogP contribution in [0.4, 0.5) is 0 Å². The van der Waals surface area contributed by atoms with Gasteiger partial charge in [-0.25, -0.2) is 0 Å². The third kappa shape index (κ3) is 2.11. The number of aromatic nitrogens is 1. The predicted octanol–water partition coefficient (Wildman–Crippen LogP) is 4.56. The van der Waals surface area contributed by atoms with Crippen molar-refractivity contribution < 1.29 is 0 Å². The highest BCUT2D eigenvalue weighted by atomic mass is 14.7. The number of hydrogen-bond acceptors (Lipinski definition) is 0. The molecule has 92 valence electrons. The number of nitrogens with one attached hydrogen (secondary N) is 1. The summed E-state index contributed by atoms with van der Waals surface area (Å²) in [5.74, 6) is 1.63. The molecule has 2 aromatic rings.